The van der Waals surface area contributed by atoms with Gasteiger partial charge in [-0.25, -0.2) is 0 Å². The lowest BCUT2D eigenvalue weighted by Gasteiger charge is -2.12. The monoisotopic (exact) mass is 573 g/mol. The molecule has 10 aromatic rings. The van der Waals surface area contributed by atoms with E-state index in [9.17, 15) is 0 Å². The maximum atomic E-state index is 2.42. The van der Waals surface area contributed by atoms with Crippen LogP contribution < -0.4 is 0 Å². The van der Waals surface area contributed by atoms with Crippen LogP contribution in [0.1, 0.15) is 0 Å². The summed E-state index contributed by atoms with van der Waals surface area (Å²) in [5.74, 6) is 0. The Bertz CT molecular complexity index is 2700. The molecular formula is C42H27N3. The zero-order valence-electron chi connectivity index (χ0n) is 24.4. The Hall–Kier alpha value is -6.06. The number of fused-ring (bicyclic) bond motifs is 9. The maximum absolute atomic E-state index is 2.42. The van der Waals surface area contributed by atoms with Crippen molar-refractivity contribution in [3.63, 3.8) is 0 Å². The van der Waals surface area contributed by atoms with Gasteiger partial charge in [0.15, 0.2) is 0 Å². The van der Waals surface area contributed by atoms with Crippen LogP contribution in [0, 0.1) is 0 Å². The highest BCUT2D eigenvalue weighted by Crippen LogP contribution is 2.39. The number of rotatable bonds is 3. The van der Waals surface area contributed by atoms with E-state index in [2.05, 4.69) is 177 Å². The summed E-state index contributed by atoms with van der Waals surface area (Å²) in [4.78, 5) is 0. The van der Waals surface area contributed by atoms with E-state index in [0.717, 1.165) is 5.69 Å². The van der Waals surface area contributed by atoms with E-state index < -0.39 is 0 Å². The van der Waals surface area contributed by atoms with Crippen molar-refractivity contribution in [2.75, 3.05) is 0 Å². The van der Waals surface area contributed by atoms with Gasteiger partial charge >= 0.3 is 0 Å². The van der Waals surface area contributed by atoms with Gasteiger partial charge < -0.3 is 13.7 Å². The average Bonchev–Trinajstić information content (AvgIpc) is 3.74. The molecule has 3 aromatic heterocycles. The fraction of sp³-hybridized carbons (Fsp3) is 0. The van der Waals surface area contributed by atoms with Crippen LogP contribution in [0.2, 0.25) is 0 Å². The predicted molar refractivity (Wildman–Crippen MR) is 189 cm³/mol. The molecule has 45 heavy (non-hydrogen) atoms. The minimum absolute atomic E-state index is 1.15. The predicted octanol–water partition coefficient (Wildman–Crippen LogP) is 11.0. The van der Waals surface area contributed by atoms with Crippen LogP contribution in [0.5, 0.6) is 0 Å². The minimum atomic E-state index is 1.15. The molecule has 0 aliphatic heterocycles. The van der Waals surface area contributed by atoms with Crippen LogP contribution in [-0.4, -0.2) is 13.7 Å². The third-order valence-electron chi connectivity index (χ3n) is 9.42. The van der Waals surface area contributed by atoms with Gasteiger partial charge in [-0.2, -0.15) is 0 Å². The van der Waals surface area contributed by atoms with Crippen molar-refractivity contribution >= 4 is 65.4 Å². The van der Waals surface area contributed by atoms with E-state index in [0.29, 0.717) is 0 Å². The number of benzene rings is 7. The zero-order valence-corrected chi connectivity index (χ0v) is 24.4. The molecular weight excluding hydrogens is 546 g/mol. The van der Waals surface area contributed by atoms with Gasteiger partial charge in [0, 0.05) is 49.4 Å². The van der Waals surface area contributed by atoms with Gasteiger partial charge in [-0.15, -0.1) is 0 Å². The van der Waals surface area contributed by atoms with Crippen LogP contribution >= 0.6 is 0 Å². The second kappa shape index (κ2) is 9.22. The second-order valence-electron chi connectivity index (χ2n) is 11.8. The van der Waals surface area contributed by atoms with Gasteiger partial charge in [-0.05, 0) is 66.7 Å². The standard InChI is InChI=1S/C42H27N3/c1-2-12-28(13-3-1)43-37-18-8-6-16-33(37)35-24-22-30(27-42(35)43)45-40-21-11-7-17-34(40)36-26-29(23-25-41(36)45)44-38-19-9-4-14-31(38)32-15-5-10-20-39(32)44/h1-27H. The Morgan fingerprint density at radius 3 is 1.16 bits per heavy atom. The summed E-state index contributed by atoms with van der Waals surface area (Å²) in [5, 5.41) is 7.57. The Morgan fingerprint density at radius 2 is 0.600 bits per heavy atom. The smallest absolute Gasteiger partial charge is 0.0561 e. The van der Waals surface area contributed by atoms with E-state index in [1.165, 1.54) is 76.8 Å². The van der Waals surface area contributed by atoms with Gasteiger partial charge in [0.2, 0.25) is 0 Å². The topological polar surface area (TPSA) is 14.8 Å². The molecule has 0 N–H and O–H groups in total. The molecule has 3 heteroatoms. The number of nitrogens with zero attached hydrogens (tertiary/aromatic N) is 3. The van der Waals surface area contributed by atoms with Crippen LogP contribution in [-0.2, 0) is 0 Å². The molecule has 0 bridgehead atoms. The SMILES string of the molecule is c1ccc(-n2c3ccccc3c3ccc(-n4c5ccccc5c5cc(-n6c7ccccc7c7ccccc76)ccc54)cc32)cc1. The maximum Gasteiger partial charge on any atom is 0.0561 e. The molecule has 0 amide bonds. The molecule has 0 unspecified atom stereocenters. The van der Waals surface area contributed by atoms with E-state index in [-0.39, 0.29) is 0 Å². The van der Waals surface area contributed by atoms with Crippen molar-refractivity contribution in [2.45, 2.75) is 0 Å². The molecule has 3 heterocycles. The van der Waals surface area contributed by atoms with Crippen molar-refractivity contribution in [1.29, 1.82) is 0 Å². The van der Waals surface area contributed by atoms with E-state index in [1.807, 2.05) is 0 Å². The van der Waals surface area contributed by atoms with Crippen molar-refractivity contribution < 1.29 is 0 Å². The molecule has 0 radical (unpaired) electrons. The molecule has 10 rings (SSSR count). The molecule has 0 fully saturated rings. The second-order valence-corrected chi connectivity index (χ2v) is 11.8. The molecule has 0 saturated carbocycles. The highest BCUT2D eigenvalue weighted by Gasteiger charge is 2.18. The lowest BCUT2D eigenvalue weighted by molar-refractivity contribution is 1.15. The van der Waals surface area contributed by atoms with E-state index in [1.54, 1.807) is 0 Å². The fourth-order valence-corrected chi connectivity index (χ4v) is 7.53. The van der Waals surface area contributed by atoms with Crippen molar-refractivity contribution in [2.24, 2.45) is 0 Å². The summed E-state index contributed by atoms with van der Waals surface area (Å²) < 4.78 is 7.22. The number of hydrogen-bond acceptors (Lipinski definition) is 0. The van der Waals surface area contributed by atoms with Crippen LogP contribution in [0.3, 0.4) is 0 Å². The van der Waals surface area contributed by atoms with Crippen molar-refractivity contribution in [3.8, 4) is 17.1 Å². The Balaban J connectivity index is 1.25. The summed E-state index contributed by atoms with van der Waals surface area (Å²) >= 11 is 0. The first kappa shape index (κ1) is 24.4. The van der Waals surface area contributed by atoms with Crippen LogP contribution in [0.25, 0.3) is 82.5 Å². The third kappa shape index (κ3) is 3.41. The first-order valence-corrected chi connectivity index (χ1v) is 15.5. The van der Waals surface area contributed by atoms with Crippen LogP contribution in [0.4, 0.5) is 0 Å². The zero-order chi connectivity index (χ0) is 29.5. The summed E-state index contributed by atoms with van der Waals surface area (Å²) in [6.07, 6.45) is 0. The van der Waals surface area contributed by atoms with Gasteiger partial charge in [-0.1, -0.05) is 97.1 Å². The number of hydrogen-bond donors (Lipinski definition) is 0. The average molecular weight is 574 g/mol. The Kier molecular flexibility index (Phi) is 5.00. The van der Waals surface area contributed by atoms with Crippen LogP contribution in [0.15, 0.2) is 164 Å². The fourth-order valence-electron chi connectivity index (χ4n) is 7.53. The molecule has 0 saturated heterocycles. The Labute approximate surface area is 259 Å². The molecule has 0 aliphatic carbocycles. The largest absolute Gasteiger partial charge is 0.309 e. The number of aromatic nitrogens is 3. The summed E-state index contributed by atoms with van der Waals surface area (Å²) in [6.45, 7) is 0. The minimum Gasteiger partial charge on any atom is -0.309 e. The summed E-state index contributed by atoms with van der Waals surface area (Å²) in [7, 11) is 0. The molecule has 210 valence electrons. The van der Waals surface area contributed by atoms with Gasteiger partial charge in [0.25, 0.3) is 0 Å². The van der Waals surface area contributed by atoms with Gasteiger partial charge in [0.1, 0.15) is 0 Å². The lowest BCUT2D eigenvalue weighted by Crippen LogP contribution is -1.97. The molecule has 0 aliphatic rings. The highest BCUT2D eigenvalue weighted by atomic mass is 15.0. The summed E-state index contributed by atoms with van der Waals surface area (Å²) in [5.41, 5.74) is 10.7. The van der Waals surface area contributed by atoms with Gasteiger partial charge in [-0.3, -0.25) is 0 Å². The molecule has 3 nitrogen and oxygen atoms in total. The molecule has 0 spiro atoms. The molecule has 7 aromatic carbocycles. The quantitative estimate of drug-likeness (QED) is 0.200. The normalized spacial score (nSPS) is 12.0. The third-order valence-corrected chi connectivity index (χ3v) is 9.42. The number of para-hydroxylation sites is 5. The molecule has 0 atom stereocenters. The van der Waals surface area contributed by atoms with Gasteiger partial charge in [0.05, 0.1) is 33.1 Å². The summed E-state index contributed by atoms with van der Waals surface area (Å²) in [6, 6.07) is 59.5. The van der Waals surface area contributed by atoms with Crippen molar-refractivity contribution in [3.05, 3.63) is 164 Å². The first-order valence-electron chi connectivity index (χ1n) is 15.5. The first-order chi connectivity index (χ1) is 22.3. The van der Waals surface area contributed by atoms with E-state index >= 15 is 0 Å². The Morgan fingerprint density at radius 1 is 0.222 bits per heavy atom. The lowest BCUT2D eigenvalue weighted by atomic mass is 10.1. The van der Waals surface area contributed by atoms with E-state index in [4.69, 9.17) is 0 Å². The van der Waals surface area contributed by atoms with Crippen molar-refractivity contribution in [1.82, 2.24) is 13.7 Å². The highest BCUT2D eigenvalue weighted by molar-refractivity contribution is 6.13.